The van der Waals surface area contributed by atoms with Crippen LogP contribution in [-0.2, 0) is 0 Å². The van der Waals surface area contributed by atoms with Crippen LogP contribution < -0.4 is 5.32 Å². The summed E-state index contributed by atoms with van der Waals surface area (Å²) < 4.78 is 0. The highest BCUT2D eigenvalue weighted by Crippen LogP contribution is 2.27. The second-order valence-corrected chi connectivity index (χ2v) is 3.90. The number of hydrogen-bond donors (Lipinski definition) is 1. The second-order valence-electron chi connectivity index (χ2n) is 3.90. The lowest BCUT2D eigenvalue weighted by Gasteiger charge is -2.30. The van der Waals surface area contributed by atoms with Gasteiger partial charge in [-0.1, -0.05) is 13.8 Å². The SMILES string of the molecule is CNC1C[C@@H](C)C[C@@H](C)C1. The van der Waals surface area contributed by atoms with Gasteiger partial charge >= 0.3 is 0 Å². The molecule has 60 valence electrons. The normalized spacial score (nSPS) is 41.7. The fourth-order valence-electron chi connectivity index (χ4n) is 2.18. The van der Waals surface area contributed by atoms with Gasteiger partial charge in [0.1, 0.15) is 0 Å². The van der Waals surface area contributed by atoms with Crippen LogP contribution >= 0.6 is 0 Å². The van der Waals surface area contributed by atoms with Gasteiger partial charge in [-0.15, -0.1) is 0 Å². The maximum Gasteiger partial charge on any atom is 0.00691 e. The van der Waals surface area contributed by atoms with Crippen LogP contribution in [0.25, 0.3) is 0 Å². The fourth-order valence-corrected chi connectivity index (χ4v) is 2.18. The Balaban J connectivity index is 2.35. The van der Waals surface area contributed by atoms with Crippen LogP contribution in [0.15, 0.2) is 0 Å². The van der Waals surface area contributed by atoms with Crippen molar-refractivity contribution in [3.8, 4) is 0 Å². The summed E-state index contributed by atoms with van der Waals surface area (Å²) in [7, 11) is 2.08. The summed E-state index contributed by atoms with van der Waals surface area (Å²) in [6.45, 7) is 4.72. The molecule has 1 unspecified atom stereocenters. The Labute approximate surface area is 64.2 Å². The molecule has 1 aliphatic carbocycles. The van der Waals surface area contributed by atoms with Gasteiger partial charge < -0.3 is 5.32 Å². The van der Waals surface area contributed by atoms with Crippen molar-refractivity contribution in [3.05, 3.63) is 0 Å². The highest BCUT2D eigenvalue weighted by molar-refractivity contribution is 4.78. The van der Waals surface area contributed by atoms with Gasteiger partial charge in [0.25, 0.3) is 0 Å². The standard InChI is InChI=1S/C9H19N/c1-7-4-8(2)6-9(5-7)10-3/h7-10H,4-6H2,1-3H3/t7-,8+,9?. The lowest BCUT2D eigenvalue weighted by molar-refractivity contribution is 0.247. The van der Waals surface area contributed by atoms with E-state index in [9.17, 15) is 0 Å². The molecular weight excluding hydrogens is 122 g/mol. The van der Waals surface area contributed by atoms with Crippen LogP contribution in [0.2, 0.25) is 0 Å². The van der Waals surface area contributed by atoms with Crippen molar-refractivity contribution in [2.24, 2.45) is 11.8 Å². The largest absolute Gasteiger partial charge is 0.317 e. The molecule has 0 heterocycles. The Bertz CT molecular complexity index is 90.9. The zero-order valence-corrected chi connectivity index (χ0v) is 7.35. The summed E-state index contributed by atoms with van der Waals surface area (Å²) in [5.41, 5.74) is 0. The summed E-state index contributed by atoms with van der Waals surface area (Å²) in [4.78, 5) is 0. The molecule has 1 nitrogen and oxygen atoms in total. The molecule has 1 saturated carbocycles. The monoisotopic (exact) mass is 141 g/mol. The van der Waals surface area contributed by atoms with Crippen LogP contribution in [0.1, 0.15) is 33.1 Å². The smallest absolute Gasteiger partial charge is 0.00691 e. The second kappa shape index (κ2) is 3.38. The van der Waals surface area contributed by atoms with Gasteiger partial charge in [0.2, 0.25) is 0 Å². The Hall–Kier alpha value is -0.0400. The molecule has 1 fully saturated rings. The van der Waals surface area contributed by atoms with Crippen molar-refractivity contribution in [2.75, 3.05) is 7.05 Å². The van der Waals surface area contributed by atoms with E-state index in [1.54, 1.807) is 0 Å². The first kappa shape index (κ1) is 8.06. The molecule has 0 saturated heterocycles. The van der Waals surface area contributed by atoms with Crippen molar-refractivity contribution in [1.29, 1.82) is 0 Å². The van der Waals surface area contributed by atoms with Gasteiger partial charge in [-0.2, -0.15) is 0 Å². The van der Waals surface area contributed by atoms with Gasteiger partial charge in [0.15, 0.2) is 0 Å². The molecule has 0 aliphatic heterocycles. The molecule has 0 amide bonds. The molecule has 10 heavy (non-hydrogen) atoms. The van der Waals surface area contributed by atoms with Crippen LogP contribution in [-0.4, -0.2) is 13.1 Å². The van der Waals surface area contributed by atoms with Crippen LogP contribution in [0.5, 0.6) is 0 Å². The lowest BCUT2D eigenvalue weighted by Crippen LogP contribution is -2.33. The summed E-state index contributed by atoms with van der Waals surface area (Å²) in [6.07, 6.45) is 4.18. The summed E-state index contributed by atoms with van der Waals surface area (Å²) in [5, 5.41) is 3.36. The van der Waals surface area contributed by atoms with Crippen LogP contribution in [0.3, 0.4) is 0 Å². The van der Waals surface area contributed by atoms with Crippen molar-refractivity contribution in [3.63, 3.8) is 0 Å². The first-order valence-electron chi connectivity index (χ1n) is 4.39. The average molecular weight is 141 g/mol. The van der Waals surface area contributed by atoms with Gasteiger partial charge in [0, 0.05) is 6.04 Å². The zero-order chi connectivity index (χ0) is 7.56. The van der Waals surface area contributed by atoms with Crippen molar-refractivity contribution in [2.45, 2.75) is 39.2 Å². The Morgan fingerprint density at radius 1 is 1.00 bits per heavy atom. The molecule has 0 bridgehead atoms. The third-order valence-electron chi connectivity index (χ3n) is 2.59. The summed E-state index contributed by atoms with van der Waals surface area (Å²) >= 11 is 0. The van der Waals surface area contributed by atoms with Gasteiger partial charge in [-0.05, 0) is 38.1 Å². The number of rotatable bonds is 1. The topological polar surface area (TPSA) is 12.0 Å². The molecule has 0 radical (unpaired) electrons. The predicted octanol–water partition coefficient (Wildman–Crippen LogP) is 2.03. The molecular formula is C9H19N. The van der Waals surface area contributed by atoms with Gasteiger partial charge in [0.05, 0.1) is 0 Å². The van der Waals surface area contributed by atoms with E-state index in [2.05, 4.69) is 26.2 Å². The van der Waals surface area contributed by atoms with E-state index >= 15 is 0 Å². The Kier molecular flexibility index (Phi) is 2.72. The molecule has 0 aromatic heterocycles. The molecule has 1 N–H and O–H groups in total. The summed E-state index contributed by atoms with van der Waals surface area (Å²) in [6, 6.07) is 0.791. The van der Waals surface area contributed by atoms with E-state index in [0.29, 0.717) is 0 Å². The molecule has 0 aromatic carbocycles. The first-order valence-corrected chi connectivity index (χ1v) is 4.39. The molecule has 0 spiro atoms. The van der Waals surface area contributed by atoms with Gasteiger partial charge in [-0.3, -0.25) is 0 Å². The maximum atomic E-state index is 3.36. The maximum absolute atomic E-state index is 3.36. The zero-order valence-electron chi connectivity index (χ0n) is 7.35. The van der Waals surface area contributed by atoms with E-state index in [1.165, 1.54) is 19.3 Å². The third-order valence-corrected chi connectivity index (χ3v) is 2.59. The van der Waals surface area contributed by atoms with E-state index in [4.69, 9.17) is 0 Å². The molecule has 0 aromatic rings. The highest BCUT2D eigenvalue weighted by Gasteiger charge is 2.21. The third kappa shape index (κ3) is 1.98. The molecule has 1 rings (SSSR count). The predicted molar refractivity (Wildman–Crippen MR) is 45.0 cm³/mol. The highest BCUT2D eigenvalue weighted by atomic mass is 14.9. The van der Waals surface area contributed by atoms with Crippen LogP contribution in [0, 0.1) is 11.8 Å². The van der Waals surface area contributed by atoms with E-state index < -0.39 is 0 Å². The minimum atomic E-state index is 0.791. The fraction of sp³-hybridized carbons (Fsp3) is 1.00. The van der Waals surface area contributed by atoms with Gasteiger partial charge in [-0.25, -0.2) is 0 Å². The summed E-state index contributed by atoms with van der Waals surface area (Å²) in [5.74, 6) is 1.86. The molecule has 3 atom stereocenters. The number of hydrogen-bond acceptors (Lipinski definition) is 1. The minimum Gasteiger partial charge on any atom is -0.317 e. The number of nitrogens with one attached hydrogen (secondary N) is 1. The van der Waals surface area contributed by atoms with E-state index in [1.807, 2.05) is 0 Å². The minimum absolute atomic E-state index is 0.791. The van der Waals surface area contributed by atoms with E-state index in [0.717, 1.165) is 17.9 Å². The lowest BCUT2D eigenvalue weighted by atomic mass is 9.80. The Morgan fingerprint density at radius 3 is 1.90 bits per heavy atom. The van der Waals surface area contributed by atoms with Crippen molar-refractivity contribution in [1.82, 2.24) is 5.32 Å². The molecule has 1 aliphatic rings. The average Bonchev–Trinajstić information content (AvgIpc) is 1.85. The molecule has 1 heteroatoms. The first-order chi connectivity index (χ1) is 4.72. The van der Waals surface area contributed by atoms with Crippen LogP contribution in [0.4, 0.5) is 0 Å². The van der Waals surface area contributed by atoms with Crippen molar-refractivity contribution < 1.29 is 0 Å². The van der Waals surface area contributed by atoms with Crippen molar-refractivity contribution >= 4 is 0 Å². The quantitative estimate of drug-likeness (QED) is 0.589. The van der Waals surface area contributed by atoms with E-state index in [-0.39, 0.29) is 0 Å². The Morgan fingerprint density at radius 2 is 1.50 bits per heavy atom.